The van der Waals surface area contributed by atoms with E-state index in [1.165, 1.54) is 17.0 Å². The minimum atomic E-state index is -0.563. The topological polar surface area (TPSA) is 54.3 Å². The van der Waals surface area contributed by atoms with Gasteiger partial charge in [0.05, 0.1) is 5.69 Å². The molecule has 2 heterocycles. The van der Waals surface area contributed by atoms with Gasteiger partial charge in [-0.2, -0.15) is 0 Å². The van der Waals surface area contributed by atoms with Crippen LogP contribution in [-0.4, -0.2) is 21.5 Å². The Morgan fingerprint density at radius 1 is 1.00 bits per heavy atom. The number of aromatic nitrogens is 1. The van der Waals surface area contributed by atoms with Crippen LogP contribution in [0.3, 0.4) is 0 Å². The number of amides is 2. The first-order valence-corrected chi connectivity index (χ1v) is 10.2. The van der Waals surface area contributed by atoms with Crippen molar-refractivity contribution < 1.29 is 14.0 Å². The van der Waals surface area contributed by atoms with Gasteiger partial charge in [0.1, 0.15) is 11.4 Å². The molecule has 156 valence electrons. The molecule has 0 bridgehead atoms. The van der Waals surface area contributed by atoms with Gasteiger partial charge < -0.3 is 4.57 Å². The maximum absolute atomic E-state index is 13.3. The van der Waals surface area contributed by atoms with Crippen molar-refractivity contribution in [1.29, 1.82) is 0 Å². The zero-order valence-corrected chi connectivity index (χ0v) is 18.2. The van der Waals surface area contributed by atoms with E-state index in [1.54, 1.807) is 42.5 Å². The molecule has 1 fully saturated rings. The van der Waals surface area contributed by atoms with Crippen LogP contribution in [0.5, 0.6) is 0 Å². The third kappa shape index (κ3) is 3.89. The molecule has 4 rings (SSSR count). The van der Waals surface area contributed by atoms with Crippen molar-refractivity contribution in [2.24, 2.45) is 0 Å². The summed E-state index contributed by atoms with van der Waals surface area (Å²) in [5.41, 5.74) is 3.63. The molecule has 2 amide bonds. The van der Waals surface area contributed by atoms with Gasteiger partial charge in [-0.15, -0.1) is 0 Å². The van der Waals surface area contributed by atoms with Crippen molar-refractivity contribution in [2.45, 2.75) is 13.8 Å². The van der Waals surface area contributed by atoms with Crippen LogP contribution in [0.4, 0.5) is 10.1 Å². The van der Waals surface area contributed by atoms with E-state index >= 15 is 0 Å². The Labute approximate surface area is 188 Å². The normalized spacial score (nSPS) is 15.5. The maximum Gasteiger partial charge on any atom is 0.270 e. The number of benzene rings is 2. The summed E-state index contributed by atoms with van der Waals surface area (Å²) in [5, 5.41) is 3.10. The Morgan fingerprint density at radius 2 is 1.61 bits per heavy atom. The molecule has 1 saturated heterocycles. The van der Waals surface area contributed by atoms with Crippen LogP contribution in [0.1, 0.15) is 17.0 Å². The average molecular weight is 454 g/mol. The van der Waals surface area contributed by atoms with Crippen molar-refractivity contribution in [3.63, 3.8) is 0 Å². The number of hydrogen-bond donors (Lipinski definition) is 1. The summed E-state index contributed by atoms with van der Waals surface area (Å²) in [6.45, 7) is 3.77. The molecule has 0 aliphatic carbocycles. The number of aryl methyl sites for hydroxylation is 1. The number of nitrogens with one attached hydrogen (secondary N) is 1. The molecular formula is C23H17ClFN3O2S. The summed E-state index contributed by atoms with van der Waals surface area (Å²) >= 11 is 11.2. The molecule has 0 spiro atoms. The Hall–Kier alpha value is -3.29. The molecule has 8 heteroatoms. The third-order valence-electron chi connectivity index (χ3n) is 5.04. The Kier molecular flexibility index (Phi) is 5.47. The highest BCUT2D eigenvalue weighted by atomic mass is 35.5. The number of rotatable bonds is 3. The van der Waals surface area contributed by atoms with Gasteiger partial charge in [0.2, 0.25) is 0 Å². The van der Waals surface area contributed by atoms with Crippen molar-refractivity contribution in [2.75, 3.05) is 4.90 Å². The first-order valence-electron chi connectivity index (χ1n) is 9.38. The molecule has 2 aromatic carbocycles. The summed E-state index contributed by atoms with van der Waals surface area (Å²) < 4.78 is 15.2. The van der Waals surface area contributed by atoms with E-state index in [1.807, 2.05) is 24.5 Å². The van der Waals surface area contributed by atoms with Crippen LogP contribution in [0.2, 0.25) is 5.02 Å². The lowest BCUT2D eigenvalue weighted by molar-refractivity contribution is -0.122. The van der Waals surface area contributed by atoms with Crippen molar-refractivity contribution >= 4 is 52.5 Å². The predicted octanol–water partition coefficient (Wildman–Crippen LogP) is 4.72. The standard InChI is InChI=1S/C23H17ClFN3O2S/c1-13-11-15(14(2)27(13)18-9-5-17(25)6-10-18)12-20-21(29)26-23(31)28(22(20)30)19-7-3-16(24)4-8-19/h3-12H,1-2H3,(H,26,29,31)/b20-12-. The molecule has 5 nitrogen and oxygen atoms in total. The quantitative estimate of drug-likeness (QED) is 0.355. The number of anilines is 1. The fourth-order valence-electron chi connectivity index (χ4n) is 3.56. The highest BCUT2D eigenvalue weighted by molar-refractivity contribution is 7.80. The zero-order chi connectivity index (χ0) is 22.3. The molecule has 0 unspecified atom stereocenters. The van der Waals surface area contributed by atoms with E-state index in [4.69, 9.17) is 23.8 Å². The van der Waals surface area contributed by atoms with Crippen LogP contribution >= 0.6 is 23.8 Å². The summed E-state index contributed by atoms with van der Waals surface area (Å²) in [4.78, 5) is 27.0. The summed E-state index contributed by atoms with van der Waals surface area (Å²) in [7, 11) is 0. The second-order valence-electron chi connectivity index (χ2n) is 7.07. The molecule has 0 atom stereocenters. The Morgan fingerprint density at radius 3 is 2.26 bits per heavy atom. The van der Waals surface area contributed by atoms with Gasteiger partial charge in [-0.1, -0.05) is 11.6 Å². The zero-order valence-electron chi connectivity index (χ0n) is 16.6. The number of nitrogens with zero attached hydrogens (tertiary/aromatic N) is 2. The maximum atomic E-state index is 13.3. The monoisotopic (exact) mass is 453 g/mol. The van der Waals surface area contributed by atoms with Gasteiger partial charge in [-0.25, -0.2) is 4.39 Å². The van der Waals surface area contributed by atoms with Crippen LogP contribution in [0.25, 0.3) is 11.8 Å². The molecule has 1 aliphatic heterocycles. The first kappa shape index (κ1) is 21.0. The van der Waals surface area contributed by atoms with Gasteiger partial charge in [0, 0.05) is 22.1 Å². The molecule has 0 saturated carbocycles. The number of hydrogen-bond acceptors (Lipinski definition) is 3. The van der Waals surface area contributed by atoms with Crippen LogP contribution in [-0.2, 0) is 9.59 Å². The fraction of sp³-hybridized carbons (Fsp3) is 0.0870. The van der Waals surface area contributed by atoms with Gasteiger partial charge in [-0.05, 0) is 92.3 Å². The molecule has 3 aromatic rings. The van der Waals surface area contributed by atoms with E-state index in [0.717, 1.165) is 17.1 Å². The van der Waals surface area contributed by atoms with Crippen molar-refractivity contribution in [3.8, 4) is 5.69 Å². The van der Waals surface area contributed by atoms with Crippen molar-refractivity contribution in [3.05, 3.63) is 88.0 Å². The number of thiocarbonyl (C=S) groups is 1. The summed E-state index contributed by atoms with van der Waals surface area (Å²) in [6.07, 6.45) is 1.55. The van der Waals surface area contributed by atoms with Gasteiger partial charge >= 0.3 is 0 Å². The lowest BCUT2D eigenvalue weighted by Crippen LogP contribution is -2.54. The van der Waals surface area contributed by atoms with Crippen LogP contribution in [0, 0.1) is 19.7 Å². The fourth-order valence-corrected chi connectivity index (χ4v) is 3.97. The average Bonchev–Trinajstić information content (AvgIpc) is 3.00. The van der Waals surface area contributed by atoms with Gasteiger partial charge in [0.25, 0.3) is 11.8 Å². The number of carbonyl (C=O) groups excluding carboxylic acids is 2. The number of halogens is 2. The smallest absolute Gasteiger partial charge is 0.270 e. The van der Waals surface area contributed by atoms with Gasteiger partial charge in [-0.3, -0.25) is 19.8 Å². The van der Waals surface area contributed by atoms with E-state index in [9.17, 15) is 14.0 Å². The molecule has 1 aliphatic rings. The van der Waals surface area contributed by atoms with Gasteiger partial charge in [0.15, 0.2) is 5.11 Å². The SMILES string of the molecule is Cc1cc(/C=C2/C(=O)NC(=S)N(c3ccc(Cl)cc3)C2=O)c(C)n1-c1ccc(F)cc1. The van der Waals surface area contributed by atoms with E-state index in [2.05, 4.69) is 5.32 Å². The third-order valence-corrected chi connectivity index (χ3v) is 5.58. The first-order chi connectivity index (χ1) is 14.8. The highest BCUT2D eigenvalue weighted by Gasteiger charge is 2.34. The van der Waals surface area contributed by atoms with E-state index in [-0.39, 0.29) is 16.5 Å². The summed E-state index contributed by atoms with van der Waals surface area (Å²) in [6, 6.07) is 14.6. The second kappa shape index (κ2) is 8.09. The lowest BCUT2D eigenvalue weighted by atomic mass is 10.1. The molecule has 1 aromatic heterocycles. The lowest BCUT2D eigenvalue weighted by Gasteiger charge is -2.28. The van der Waals surface area contributed by atoms with E-state index in [0.29, 0.717) is 16.3 Å². The Bertz CT molecular complexity index is 1250. The minimum Gasteiger partial charge on any atom is -0.318 e. The molecular weight excluding hydrogens is 437 g/mol. The van der Waals surface area contributed by atoms with Crippen molar-refractivity contribution in [1.82, 2.24) is 9.88 Å². The van der Waals surface area contributed by atoms with E-state index < -0.39 is 11.8 Å². The molecule has 0 radical (unpaired) electrons. The Balaban J connectivity index is 1.75. The van der Waals surface area contributed by atoms with Crippen LogP contribution in [0.15, 0.2) is 60.2 Å². The van der Waals surface area contributed by atoms with Crippen LogP contribution < -0.4 is 10.2 Å². The second-order valence-corrected chi connectivity index (χ2v) is 7.90. The predicted molar refractivity (Wildman–Crippen MR) is 123 cm³/mol. The number of carbonyl (C=O) groups is 2. The molecule has 1 N–H and O–H groups in total. The minimum absolute atomic E-state index is 0.00579. The summed E-state index contributed by atoms with van der Waals surface area (Å²) in [5.74, 6) is -1.41. The molecule has 31 heavy (non-hydrogen) atoms. The largest absolute Gasteiger partial charge is 0.318 e. The highest BCUT2D eigenvalue weighted by Crippen LogP contribution is 2.26.